The zero-order chi connectivity index (χ0) is 14.7. The second-order valence-corrected chi connectivity index (χ2v) is 4.76. The lowest BCUT2D eigenvalue weighted by Gasteiger charge is -2.10. The largest absolute Gasteiger partial charge is 0.491 e. The van der Waals surface area contributed by atoms with E-state index in [1.807, 2.05) is 32.0 Å². The molecule has 3 nitrogen and oxygen atoms in total. The van der Waals surface area contributed by atoms with E-state index in [9.17, 15) is 4.39 Å². The molecule has 0 aliphatic carbocycles. The first kappa shape index (κ1) is 14.6. The predicted molar refractivity (Wildman–Crippen MR) is 76.5 cm³/mol. The minimum absolute atomic E-state index is 0.147. The highest BCUT2D eigenvalue weighted by atomic mass is 19.1. The molecule has 2 aromatic rings. The van der Waals surface area contributed by atoms with Gasteiger partial charge in [-0.25, -0.2) is 4.39 Å². The van der Waals surface area contributed by atoms with E-state index in [0.717, 1.165) is 11.3 Å². The number of aryl methyl sites for hydroxylation is 2. The molecule has 0 amide bonds. The highest BCUT2D eigenvalue weighted by Gasteiger charge is 2.16. The van der Waals surface area contributed by atoms with Crippen LogP contribution in [0.25, 0.3) is 0 Å². The molecule has 2 rings (SSSR count). The van der Waals surface area contributed by atoms with Gasteiger partial charge in [0.25, 0.3) is 0 Å². The van der Waals surface area contributed by atoms with Crippen molar-refractivity contribution in [3.8, 4) is 5.75 Å². The third kappa shape index (κ3) is 3.38. The van der Waals surface area contributed by atoms with Gasteiger partial charge in [0.1, 0.15) is 18.2 Å². The molecule has 5 heteroatoms. The summed E-state index contributed by atoms with van der Waals surface area (Å²) in [7, 11) is -1.82. The Kier molecular flexibility index (Phi) is 4.42. The normalized spacial score (nSPS) is 10.4. The van der Waals surface area contributed by atoms with Crippen molar-refractivity contribution in [3.05, 3.63) is 58.9 Å². The molecule has 0 aromatic heterocycles. The summed E-state index contributed by atoms with van der Waals surface area (Å²) in [5.74, 6) is 0.0819. The monoisotopic (exact) mass is 274 g/mol. The van der Waals surface area contributed by atoms with Crippen LogP contribution in [-0.2, 0) is 6.61 Å². The molecule has 0 aliphatic rings. The van der Waals surface area contributed by atoms with Crippen LogP contribution in [0.2, 0.25) is 0 Å². The van der Waals surface area contributed by atoms with Gasteiger partial charge in [0.05, 0.1) is 0 Å². The Balaban J connectivity index is 2.10. The standard InChI is InChI=1S/C15H16BFO3/c1-10-3-5-13(7-11(10)2)20-9-12-4-6-15(17)14(8-12)16(18)19/h3-8,18-19H,9H2,1-2H3. The molecular weight excluding hydrogens is 258 g/mol. The molecule has 0 radical (unpaired) electrons. The lowest BCUT2D eigenvalue weighted by atomic mass is 9.79. The van der Waals surface area contributed by atoms with Crippen molar-refractivity contribution < 1.29 is 19.2 Å². The van der Waals surface area contributed by atoms with Gasteiger partial charge in [0.2, 0.25) is 0 Å². The van der Waals surface area contributed by atoms with Crippen LogP contribution in [0.4, 0.5) is 4.39 Å². The van der Waals surface area contributed by atoms with E-state index in [-0.39, 0.29) is 12.1 Å². The lowest BCUT2D eigenvalue weighted by molar-refractivity contribution is 0.306. The van der Waals surface area contributed by atoms with Crippen molar-refractivity contribution in [2.45, 2.75) is 20.5 Å². The first-order valence-electron chi connectivity index (χ1n) is 6.32. The minimum Gasteiger partial charge on any atom is -0.489 e. The average Bonchev–Trinajstić information content (AvgIpc) is 2.41. The van der Waals surface area contributed by atoms with Crippen LogP contribution in [0.5, 0.6) is 5.75 Å². The van der Waals surface area contributed by atoms with Crippen molar-refractivity contribution in [2.75, 3.05) is 0 Å². The Morgan fingerprint density at radius 1 is 1.05 bits per heavy atom. The van der Waals surface area contributed by atoms with E-state index >= 15 is 0 Å². The van der Waals surface area contributed by atoms with E-state index in [1.54, 1.807) is 6.07 Å². The number of benzene rings is 2. The maximum atomic E-state index is 13.3. The van der Waals surface area contributed by atoms with Gasteiger partial charge in [-0.1, -0.05) is 18.2 Å². The average molecular weight is 274 g/mol. The summed E-state index contributed by atoms with van der Waals surface area (Å²) in [5, 5.41) is 18.1. The molecule has 0 spiro atoms. The van der Waals surface area contributed by atoms with Crippen LogP contribution >= 0.6 is 0 Å². The number of halogens is 1. The van der Waals surface area contributed by atoms with Crippen LogP contribution in [0.15, 0.2) is 36.4 Å². The van der Waals surface area contributed by atoms with Crippen molar-refractivity contribution in [2.24, 2.45) is 0 Å². The summed E-state index contributed by atoms with van der Waals surface area (Å²) < 4.78 is 18.9. The number of hydrogen-bond acceptors (Lipinski definition) is 3. The van der Waals surface area contributed by atoms with Crippen molar-refractivity contribution in [1.82, 2.24) is 0 Å². The molecular formula is C15H16BFO3. The molecule has 2 aromatic carbocycles. The fourth-order valence-corrected chi connectivity index (χ4v) is 1.85. The molecule has 0 aliphatic heterocycles. The molecule has 0 saturated carbocycles. The Hall–Kier alpha value is -1.85. The minimum atomic E-state index is -1.82. The van der Waals surface area contributed by atoms with Gasteiger partial charge in [0, 0.05) is 5.46 Å². The smallest absolute Gasteiger partial charge is 0.489 e. The SMILES string of the molecule is Cc1ccc(OCc2ccc(F)c(B(O)O)c2)cc1C. The molecule has 2 N–H and O–H groups in total. The fraction of sp³-hybridized carbons (Fsp3) is 0.200. The lowest BCUT2D eigenvalue weighted by Crippen LogP contribution is -2.33. The number of rotatable bonds is 4. The molecule has 0 heterocycles. The van der Waals surface area contributed by atoms with E-state index < -0.39 is 12.9 Å². The molecule has 0 saturated heterocycles. The van der Waals surface area contributed by atoms with Gasteiger partial charge in [0.15, 0.2) is 0 Å². The molecule has 0 atom stereocenters. The van der Waals surface area contributed by atoms with Gasteiger partial charge < -0.3 is 14.8 Å². The predicted octanol–water partition coefficient (Wildman–Crippen LogP) is 1.70. The van der Waals surface area contributed by atoms with Gasteiger partial charge in [-0.3, -0.25) is 0 Å². The topological polar surface area (TPSA) is 49.7 Å². The summed E-state index contributed by atoms with van der Waals surface area (Å²) in [5.41, 5.74) is 2.84. The van der Waals surface area contributed by atoms with E-state index in [2.05, 4.69) is 0 Å². The van der Waals surface area contributed by atoms with E-state index in [0.29, 0.717) is 5.56 Å². The molecule has 20 heavy (non-hydrogen) atoms. The Bertz CT molecular complexity index is 614. The summed E-state index contributed by atoms with van der Waals surface area (Å²) in [4.78, 5) is 0. The molecule has 0 unspecified atom stereocenters. The van der Waals surface area contributed by atoms with E-state index in [1.165, 1.54) is 17.7 Å². The molecule has 0 fully saturated rings. The van der Waals surface area contributed by atoms with Gasteiger partial charge >= 0.3 is 7.12 Å². The summed E-state index contributed by atoms with van der Waals surface area (Å²) >= 11 is 0. The quantitative estimate of drug-likeness (QED) is 0.834. The highest BCUT2D eigenvalue weighted by Crippen LogP contribution is 2.17. The van der Waals surface area contributed by atoms with Crippen molar-refractivity contribution in [3.63, 3.8) is 0 Å². The van der Waals surface area contributed by atoms with Crippen LogP contribution in [0, 0.1) is 19.7 Å². The van der Waals surface area contributed by atoms with Crippen LogP contribution in [0.1, 0.15) is 16.7 Å². The first-order chi connectivity index (χ1) is 9.47. The second kappa shape index (κ2) is 6.07. The number of ether oxygens (including phenoxy) is 1. The second-order valence-electron chi connectivity index (χ2n) is 4.76. The van der Waals surface area contributed by atoms with Crippen LogP contribution < -0.4 is 10.2 Å². The van der Waals surface area contributed by atoms with Crippen LogP contribution in [0.3, 0.4) is 0 Å². The van der Waals surface area contributed by atoms with Crippen molar-refractivity contribution in [1.29, 1.82) is 0 Å². The Morgan fingerprint density at radius 2 is 1.80 bits per heavy atom. The van der Waals surface area contributed by atoms with Gasteiger partial charge in [-0.05, 0) is 48.7 Å². The van der Waals surface area contributed by atoms with Crippen LogP contribution in [-0.4, -0.2) is 17.2 Å². The maximum absolute atomic E-state index is 13.3. The number of hydrogen-bond donors (Lipinski definition) is 2. The fourth-order valence-electron chi connectivity index (χ4n) is 1.85. The first-order valence-corrected chi connectivity index (χ1v) is 6.32. The third-order valence-corrected chi connectivity index (χ3v) is 3.22. The zero-order valence-electron chi connectivity index (χ0n) is 11.4. The summed E-state index contributed by atoms with van der Waals surface area (Å²) in [6.45, 7) is 4.26. The summed E-state index contributed by atoms with van der Waals surface area (Å²) in [6, 6.07) is 9.92. The molecule has 104 valence electrons. The van der Waals surface area contributed by atoms with Gasteiger partial charge in [-0.15, -0.1) is 0 Å². The Morgan fingerprint density at radius 3 is 2.45 bits per heavy atom. The van der Waals surface area contributed by atoms with Gasteiger partial charge in [-0.2, -0.15) is 0 Å². The highest BCUT2D eigenvalue weighted by molar-refractivity contribution is 6.58. The summed E-state index contributed by atoms with van der Waals surface area (Å²) in [6.07, 6.45) is 0. The third-order valence-electron chi connectivity index (χ3n) is 3.22. The van der Waals surface area contributed by atoms with E-state index in [4.69, 9.17) is 14.8 Å². The van der Waals surface area contributed by atoms with Crippen molar-refractivity contribution >= 4 is 12.6 Å². The Labute approximate surface area is 117 Å². The maximum Gasteiger partial charge on any atom is 0.491 e. The molecule has 0 bridgehead atoms. The zero-order valence-corrected chi connectivity index (χ0v) is 11.4.